The van der Waals surface area contributed by atoms with E-state index in [0.717, 1.165) is 40.1 Å². The molecule has 0 amide bonds. The van der Waals surface area contributed by atoms with Crippen molar-refractivity contribution < 1.29 is 23.7 Å². The molecule has 4 aromatic rings. The van der Waals surface area contributed by atoms with Gasteiger partial charge in [-0.05, 0) is 60.4 Å². The minimum Gasteiger partial charge on any atom is -0.507 e. The minimum absolute atomic E-state index is 0.0680. The molecule has 1 aliphatic rings. The number of aryl methyl sites for hydroxylation is 2. The van der Waals surface area contributed by atoms with Crippen LogP contribution in [0.25, 0.3) is 22.4 Å². The first-order chi connectivity index (χ1) is 17.0. The molecule has 6 nitrogen and oxygen atoms in total. The third kappa shape index (κ3) is 4.67. The second-order valence-electron chi connectivity index (χ2n) is 8.53. The quantitative estimate of drug-likeness (QED) is 0.348. The molecular formula is C28H27FN2O4. The van der Waals surface area contributed by atoms with Gasteiger partial charge < -0.3 is 19.3 Å². The number of aromatic amines is 1. The summed E-state index contributed by atoms with van der Waals surface area (Å²) in [4.78, 5) is 0. The highest BCUT2D eigenvalue weighted by atomic mass is 19.1. The average Bonchev–Trinajstić information content (AvgIpc) is 3.09. The monoisotopic (exact) mass is 474 g/mol. The Labute approximate surface area is 203 Å². The zero-order chi connectivity index (χ0) is 24.4. The summed E-state index contributed by atoms with van der Waals surface area (Å²) in [6.07, 6.45) is 1.54. The Morgan fingerprint density at radius 3 is 2.57 bits per heavy atom. The summed E-state index contributed by atoms with van der Waals surface area (Å²) in [7, 11) is 0. The minimum atomic E-state index is -0.288. The number of fused-ring (bicyclic) bond motifs is 1. The first kappa shape index (κ1) is 22.8. The van der Waals surface area contributed by atoms with Crippen molar-refractivity contribution in [3.05, 3.63) is 77.2 Å². The van der Waals surface area contributed by atoms with Gasteiger partial charge in [0, 0.05) is 29.3 Å². The Kier molecular flexibility index (Phi) is 6.31. The van der Waals surface area contributed by atoms with E-state index in [4.69, 9.17) is 14.2 Å². The first-order valence-corrected chi connectivity index (χ1v) is 11.7. The summed E-state index contributed by atoms with van der Waals surface area (Å²) in [5, 5.41) is 18.6. The van der Waals surface area contributed by atoms with E-state index in [-0.39, 0.29) is 18.2 Å². The summed E-state index contributed by atoms with van der Waals surface area (Å²) in [5.74, 6) is 1.80. The van der Waals surface area contributed by atoms with Crippen LogP contribution in [-0.4, -0.2) is 28.5 Å². The Balaban J connectivity index is 1.49. The second-order valence-corrected chi connectivity index (χ2v) is 8.53. The van der Waals surface area contributed by atoms with Crippen molar-refractivity contribution in [3.63, 3.8) is 0 Å². The van der Waals surface area contributed by atoms with Crippen LogP contribution in [0.15, 0.2) is 54.6 Å². The summed E-state index contributed by atoms with van der Waals surface area (Å²) in [5.41, 5.74) is 5.73. The fourth-order valence-corrected chi connectivity index (χ4v) is 4.25. The number of rotatable bonds is 6. The first-order valence-electron chi connectivity index (χ1n) is 11.7. The summed E-state index contributed by atoms with van der Waals surface area (Å²) in [6, 6.07) is 15.6. The van der Waals surface area contributed by atoms with Crippen molar-refractivity contribution >= 4 is 0 Å². The number of nitrogens with zero attached hydrogens (tertiary/aromatic N) is 1. The number of hydrogen-bond acceptors (Lipinski definition) is 5. The Morgan fingerprint density at radius 1 is 1.03 bits per heavy atom. The van der Waals surface area contributed by atoms with E-state index in [0.29, 0.717) is 42.4 Å². The molecule has 0 bridgehead atoms. The maximum Gasteiger partial charge on any atom is 0.161 e. The molecule has 0 saturated heterocycles. The number of H-pyrrole nitrogens is 1. The van der Waals surface area contributed by atoms with Crippen molar-refractivity contribution in [2.45, 2.75) is 33.3 Å². The number of phenols is 1. The number of aromatic hydroxyl groups is 1. The Hall–Kier alpha value is -4.00. The standard InChI is InChI=1S/C28H27FN2O4/c1-3-19-13-22(23(32)15-25(19)35-16-18-5-8-21(29)9-6-18)28-27(17(2)30-31-28)20-7-10-24-26(14-20)34-12-4-11-33-24/h5-10,13-15,32H,3-4,11-12,16H2,1-2H3,(H,30,31). The molecule has 0 aliphatic carbocycles. The highest BCUT2D eigenvalue weighted by Gasteiger charge is 2.21. The third-order valence-corrected chi connectivity index (χ3v) is 6.11. The zero-order valence-electron chi connectivity index (χ0n) is 19.7. The van der Waals surface area contributed by atoms with Crippen LogP contribution >= 0.6 is 0 Å². The number of halogens is 1. The number of phenolic OH excluding ortho intramolecular Hbond substituents is 1. The molecule has 0 atom stereocenters. The molecule has 0 spiro atoms. The number of nitrogens with one attached hydrogen (secondary N) is 1. The van der Waals surface area contributed by atoms with Crippen LogP contribution < -0.4 is 14.2 Å². The Bertz CT molecular complexity index is 1350. The van der Waals surface area contributed by atoms with Crippen molar-refractivity contribution in [2.24, 2.45) is 0 Å². The lowest BCUT2D eigenvalue weighted by Gasteiger charge is -2.15. The van der Waals surface area contributed by atoms with E-state index in [2.05, 4.69) is 10.2 Å². The van der Waals surface area contributed by atoms with Gasteiger partial charge in [-0.2, -0.15) is 5.10 Å². The van der Waals surface area contributed by atoms with E-state index in [1.54, 1.807) is 18.2 Å². The summed E-state index contributed by atoms with van der Waals surface area (Å²) in [6.45, 7) is 5.49. The smallest absolute Gasteiger partial charge is 0.161 e. The van der Waals surface area contributed by atoms with Crippen LogP contribution in [0.5, 0.6) is 23.0 Å². The molecule has 0 unspecified atom stereocenters. The molecule has 3 aromatic carbocycles. The molecule has 7 heteroatoms. The van der Waals surface area contributed by atoms with E-state index in [9.17, 15) is 9.50 Å². The van der Waals surface area contributed by atoms with Crippen molar-refractivity contribution in [1.29, 1.82) is 0 Å². The summed E-state index contributed by atoms with van der Waals surface area (Å²) >= 11 is 0. The summed E-state index contributed by atoms with van der Waals surface area (Å²) < 4.78 is 30.8. The molecule has 0 radical (unpaired) electrons. The average molecular weight is 475 g/mol. The predicted molar refractivity (Wildman–Crippen MR) is 132 cm³/mol. The molecule has 5 rings (SSSR count). The fourth-order valence-electron chi connectivity index (χ4n) is 4.25. The van der Waals surface area contributed by atoms with Gasteiger partial charge in [-0.25, -0.2) is 4.39 Å². The molecule has 0 saturated carbocycles. The third-order valence-electron chi connectivity index (χ3n) is 6.11. The fraction of sp³-hybridized carbons (Fsp3) is 0.250. The molecule has 35 heavy (non-hydrogen) atoms. The lowest BCUT2D eigenvalue weighted by molar-refractivity contribution is 0.297. The van der Waals surface area contributed by atoms with Crippen molar-refractivity contribution in [2.75, 3.05) is 13.2 Å². The van der Waals surface area contributed by atoms with E-state index < -0.39 is 0 Å². The van der Waals surface area contributed by atoms with Gasteiger partial charge in [-0.15, -0.1) is 0 Å². The van der Waals surface area contributed by atoms with Crippen LogP contribution in [0.3, 0.4) is 0 Å². The van der Waals surface area contributed by atoms with Crippen LogP contribution in [0.1, 0.15) is 30.2 Å². The van der Waals surface area contributed by atoms with Crippen LogP contribution in [0, 0.1) is 12.7 Å². The van der Waals surface area contributed by atoms with Gasteiger partial charge in [0.05, 0.1) is 13.2 Å². The number of benzene rings is 3. The number of ether oxygens (including phenoxy) is 3. The maximum absolute atomic E-state index is 13.2. The van der Waals surface area contributed by atoms with Crippen LogP contribution in [0.4, 0.5) is 4.39 Å². The van der Waals surface area contributed by atoms with Gasteiger partial charge >= 0.3 is 0 Å². The highest BCUT2D eigenvalue weighted by molar-refractivity contribution is 5.86. The van der Waals surface area contributed by atoms with Gasteiger partial charge in [0.15, 0.2) is 11.5 Å². The van der Waals surface area contributed by atoms with Gasteiger partial charge in [0.25, 0.3) is 0 Å². The molecular weight excluding hydrogens is 447 g/mol. The van der Waals surface area contributed by atoms with Gasteiger partial charge in [0.1, 0.15) is 29.6 Å². The molecule has 1 aliphatic heterocycles. The lowest BCUT2D eigenvalue weighted by Crippen LogP contribution is -1.99. The normalized spacial score (nSPS) is 12.9. The molecule has 0 fully saturated rings. The Morgan fingerprint density at radius 2 is 1.80 bits per heavy atom. The predicted octanol–water partition coefficient (Wildman–Crippen LogP) is 6.20. The molecule has 1 aromatic heterocycles. The van der Waals surface area contributed by atoms with Gasteiger partial charge in [-0.1, -0.05) is 25.1 Å². The second kappa shape index (κ2) is 9.70. The molecule has 2 heterocycles. The van der Waals surface area contributed by atoms with E-state index in [1.807, 2.05) is 38.1 Å². The zero-order valence-corrected chi connectivity index (χ0v) is 19.7. The maximum atomic E-state index is 13.2. The SMILES string of the molecule is CCc1cc(-c2n[nH]c(C)c2-c2ccc3c(c2)OCCCO3)c(O)cc1OCc1ccc(F)cc1. The topological polar surface area (TPSA) is 76.6 Å². The van der Waals surface area contributed by atoms with Crippen molar-refractivity contribution in [1.82, 2.24) is 10.2 Å². The van der Waals surface area contributed by atoms with E-state index >= 15 is 0 Å². The molecule has 180 valence electrons. The van der Waals surface area contributed by atoms with Crippen molar-refractivity contribution in [3.8, 4) is 45.4 Å². The number of aromatic nitrogens is 2. The lowest BCUT2D eigenvalue weighted by atomic mass is 9.96. The van der Waals surface area contributed by atoms with Crippen LogP contribution in [-0.2, 0) is 13.0 Å². The van der Waals surface area contributed by atoms with E-state index in [1.165, 1.54) is 12.1 Å². The van der Waals surface area contributed by atoms with Crippen LogP contribution in [0.2, 0.25) is 0 Å². The largest absolute Gasteiger partial charge is 0.507 e. The highest BCUT2D eigenvalue weighted by Crippen LogP contribution is 2.42. The number of hydrogen-bond donors (Lipinski definition) is 2. The van der Waals surface area contributed by atoms with Gasteiger partial charge in [0.2, 0.25) is 0 Å². The van der Waals surface area contributed by atoms with Gasteiger partial charge in [-0.3, -0.25) is 5.10 Å². The molecule has 2 N–H and O–H groups in total.